The van der Waals surface area contributed by atoms with Crippen LogP contribution in [0.1, 0.15) is 15.9 Å². The summed E-state index contributed by atoms with van der Waals surface area (Å²) in [4.78, 5) is 30.0. The molecule has 4 rings (SSSR count). The van der Waals surface area contributed by atoms with Crippen LogP contribution in [0.15, 0.2) is 60.8 Å². The summed E-state index contributed by atoms with van der Waals surface area (Å²) in [6.45, 7) is 0. The van der Waals surface area contributed by atoms with Crippen LogP contribution in [0.4, 0.5) is 8.78 Å². The van der Waals surface area contributed by atoms with Crippen LogP contribution in [0.5, 0.6) is 5.75 Å². The number of esters is 1. The highest BCUT2D eigenvalue weighted by Gasteiger charge is 2.26. The van der Waals surface area contributed by atoms with Gasteiger partial charge < -0.3 is 14.8 Å². The third-order valence-electron chi connectivity index (χ3n) is 5.76. The Bertz CT molecular complexity index is 1490. The Labute approximate surface area is 221 Å². The Morgan fingerprint density at radius 2 is 1.73 bits per heavy atom. The second-order valence-electron chi connectivity index (χ2n) is 7.99. The lowest BCUT2D eigenvalue weighted by Gasteiger charge is -2.19. The molecule has 0 saturated carbocycles. The monoisotopic (exact) mass is 544 g/mol. The highest BCUT2D eigenvalue weighted by atomic mass is 35.5. The summed E-state index contributed by atoms with van der Waals surface area (Å²) in [6.07, 6.45) is 1.55. The van der Waals surface area contributed by atoms with Crippen LogP contribution in [-0.4, -0.2) is 37.1 Å². The van der Waals surface area contributed by atoms with Gasteiger partial charge in [0.05, 0.1) is 35.3 Å². The molecule has 1 amide bonds. The summed E-state index contributed by atoms with van der Waals surface area (Å²) < 4.78 is 38.6. The lowest BCUT2D eigenvalue weighted by molar-refractivity contribution is -0.142. The fraction of sp³-hybridized carbons (Fsp3) is 0.148. The summed E-state index contributed by atoms with van der Waals surface area (Å²) in [5.41, 5.74) is 1.75. The summed E-state index contributed by atoms with van der Waals surface area (Å²) in [7, 11) is 2.50. The zero-order valence-electron chi connectivity index (χ0n) is 19.7. The molecule has 10 heteroatoms. The molecule has 0 unspecified atom stereocenters. The minimum Gasteiger partial charge on any atom is -0.493 e. The predicted octanol–water partition coefficient (Wildman–Crippen LogP) is 6.01. The van der Waals surface area contributed by atoms with Crippen LogP contribution in [0.3, 0.4) is 0 Å². The van der Waals surface area contributed by atoms with Gasteiger partial charge in [-0.2, -0.15) is 0 Å². The van der Waals surface area contributed by atoms with Gasteiger partial charge >= 0.3 is 5.97 Å². The van der Waals surface area contributed by atoms with Gasteiger partial charge in [-0.1, -0.05) is 47.5 Å². The number of carbonyl (C=O) groups is 2. The normalized spacial score (nSPS) is 11.7. The van der Waals surface area contributed by atoms with Gasteiger partial charge in [-0.25, -0.2) is 13.6 Å². The van der Waals surface area contributed by atoms with Crippen molar-refractivity contribution in [2.45, 2.75) is 12.5 Å². The molecule has 1 atom stereocenters. The first kappa shape index (κ1) is 26.3. The van der Waals surface area contributed by atoms with Crippen molar-refractivity contribution in [1.29, 1.82) is 0 Å². The van der Waals surface area contributed by atoms with E-state index in [4.69, 9.17) is 32.7 Å². The van der Waals surface area contributed by atoms with Crippen LogP contribution < -0.4 is 10.1 Å². The van der Waals surface area contributed by atoms with Gasteiger partial charge in [-0.15, -0.1) is 0 Å². The van der Waals surface area contributed by atoms with Crippen LogP contribution in [0.2, 0.25) is 10.0 Å². The fourth-order valence-electron chi connectivity index (χ4n) is 4.10. The number of aromatic nitrogens is 1. The fourth-order valence-corrected chi connectivity index (χ4v) is 4.67. The molecule has 1 heterocycles. The SMILES string of the molecule is COC(=O)[C@H](Cc1ccc(-c2cc(F)cc(F)c2OC)c2cccnc12)NC(=O)c1c(Cl)cccc1Cl. The van der Waals surface area contributed by atoms with E-state index in [0.29, 0.717) is 22.0 Å². The van der Waals surface area contributed by atoms with Gasteiger partial charge in [0.25, 0.3) is 5.91 Å². The average molecular weight is 545 g/mol. The molecule has 0 radical (unpaired) electrons. The number of fused-ring (bicyclic) bond motifs is 1. The van der Waals surface area contributed by atoms with Crippen molar-refractivity contribution in [2.75, 3.05) is 14.2 Å². The molecule has 6 nitrogen and oxygen atoms in total. The number of hydrogen-bond acceptors (Lipinski definition) is 5. The zero-order valence-corrected chi connectivity index (χ0v) is 21.2. The van der Waals surface area contributed by atoms with Crippen molar-refractivity contribution in [3.63, 3.8) is 0 Å². The molecule has 0 aliphatic carbocycles. The first-order chi connectivity index (χ1) is 17.7. The number of amides is 1. The minimum atomic E-state index is -1.11. The number of methoxy groups -OCH3 is 2. The van der Waals surface area contributed by atoms with Gasteiger partial charge in [0.1, 0.15) is 11.9 Å². The number of ether oxygens (including phenoxy) is 2. The molecule has 0 fully saturated rings. The lowest BCUT2D eigenvalue weighted by Crippen LogP contribution is -2.43. The average Bonchev–Trinajstić information content (AvgIpc) is 2.87. The minimum absolute atomic E-state index is 0.00290. The maximum atomic E-state index is 14.4. The first-order valence-corrected chi connectivity index (χ1v) is 11.7. The van der Waals surface area contributed by atoms with Gasteiger partial charge in [0, 0.05) is 29.6 Å². The van der Waals surface area contributed by atoms with Crippen molar-refractivity contribution in [3.8, 4) is 16.9 Å². The Kier molecular flexibility index (Phi) is 7.90. The van der Waals surface area contributed by atoms with E-state index in [2.05, 4.69) is 10.3 Å². The molecule has 0 aliphatic heterocycles. The number of benzene rings is 3. The molecule has 0 saturated heterocycles. The van der Waals surface area contributed by atoms with Crippen molar-refractivity contribution in [1.82, 2.24) is 10.3 Å². The molecule has 1 N–H and O–H groups in total. The third kappa shape index (κ3) is 5.35. The highest BCUT2D eigenvalue weighted by Crippen LogP contribution is 2.38. The van der Waals surface area contributed by atoms with Crippen LogP contribution >= 0.6 is 23.2 Å². The molecule has 0 bridgehead atoms. The maximum absolute atomic E-state index is 14.4. The number of rotatable bonds is 7. The summed E-state index contributed by atoms with van der Waals surface area (Å²) in [5, 5.41) is 3.44. The van der Waals surface area contributed by atoms with E-state index < -0.39 is 29.6 Å². The van der Waals surface area contributed by atoms with Gasteiger partial charge in [-0.05, 0) is 35.4 Å². The van der Waals surface area contributed by atoms with Crippen molar-refractivity contribution in [2.24, 2.45) is 0 Å². The molecule has 4 aromatic rings. The second-order valence-corrected chi connectivity index (χ2v) is 8.80. The number of nitrogens with one attached hydrogen (secondary N) is 1. The zero-order chi connectivity index (χ0) is 26.7. The molecular formula is C27H20Cl2F2N2O4. The van der Waals surface area contributed by atoms with E-state index >= 15 is 0 Å². The maximum Gasteiger partial charge on any atom is 0.328 e. The molecule has 37 heavy (non-hydrogen) atoms. The first-order valence-electron chi connectivity index (χ1n) is 11.0. The molecule has 190 valence electrons. The van der Waals surface area contributed by atoms with Crippen LogP contribution in [0.25, 0.3) is 22.0 Å². The second kappa shape index (κ2) is 11.1. The quantitative estimate of drug-likeness (QED) is 0.288. The van der Waals surface area contributed by atoms with E-state index in [-0.39, 0.29) is 33.3 Å². The van der Waals surface area contributed by atoms with Crippen LogP contribution in [-0.2, 0) is 16.0 Å². The number of pyridine rings is 1. The molecule has 3 aromatic carbocycles. The molecule has 1 aromatic heterocycles. The highest BCUT2D eigenvalue weighted by molar-refractivity contribution is 6.39. The van der Waals surface area contributed by atoms with E-state index in [9.17, 15) is 18.4 Å². The molecule has 0 aliphatic rings. The topological polar surface area (TPSA) is 77.5 Å². The number of carbonyl (C=O) groups excluding carboxylic acids is 2. The van der Waals surface area contributed by atoms with Crippen LogP contribution in [0, 0.1) is 11.6 Å². The molecular weight excluding hydrogens is 525 g/mol. The van der Waals surface area contributed by atoms with E-state index in [1.54, 1.807) is 36.5 Å². The van der Waals surface area contributed by atoms with E-state index in [1.807, 2.05) is 0 Å². The lowest BCUT2D eigenvalue weighted by atomic mass is 9.94. The largest absolute Gasteiger partial charge is 0.493 e. The van der Waals surface area contributed by atoms with Crippen molar-refractivity contribution >= 4 is 46.0 Å². The number of halogens is 4. The van der Waals surface area contributed by atoms with Crippen molar-refractivity contribution < 1.29 is 27.8 Å². The Morgan fingerprint density at radius 1 is 1.00 bits per heavy atom. The van der Waals surface area contributed by atoms with E-state index in [1.165, 1.54) is 32.4 Å². The number of nitrogens with zero attached hydrogens (tertiary/aromatic N) is 1. The predicted molar refractivity (Wildman–Crippen MR) is 137 cm³/mol. The summed E-state index contributed by atoms with van der Waals surface area (Å²) in [6, 6.07) is 12.1. The van der Waals surface area contributed by atoms with Gasteiger partial charge in [-0.3, -0.25) is 9.78 Å². The van der Waals surface area contributed by atoms with Gasteiger partial charge in [0.2, 0.25) is 0 Å². The Morgan fingerprint density at radius 3 is 2.41 bits per heavy atom. The standard InChI is InChI=1S/C27H20Cl2F2N2O4/c1-36-25-18(12-15(30)13-21(25)31)16-9-8-14(24-17(16)5-4-10-32-24)11-22(27(35)37-2)33-26(34)23-19(28)6-3-7-20(23)29/h3-10,12-13,22H,11H2,1-2H3,(H,33,34)/t22-/m0/s1. The van der Waals surface area contributed by atoms with Crippen molar-refractivity contribution in [3.05, 3.63) is 93.6 Å². The summed E-state index contributed by atoms with van der Waals surface area (Å²) >= 11 is 12.3. The van der Waals surface area contributed by atoms with Gasteiger partial charge in [0.15, 0.2) is 11.6 Å². The molecule has 0 spiro atoms. The number of hydrogen-bond donors (Lipinski definition) is 1. The third-order valence-corrected chi connectivity index (χ3v) is 6.39. The van der Waals surface area contributed by atoms with E-state index in [0.717, 1.165) is 6.07 Å². The Balaban J connectivity index is 1.76. The summed E-state index contributed by atoms with van der Waals surface area (Å²) in [5.74, 6) is -3.07. The Hall–Kier alpha value is -3.75. The smallest absolute Gasteiger partial charge is 0.328 e.